The van der Waals surface area contributed by atoms with E-state index in [1.807, 2.05) is 36.4 Å². The van der Waals surface area contributed by atoms with Crippen molar-refractivity contribution in [3.05, 3.63) is 59.7 Å². The molecule has 0 aliphatic rings. The van der Waals surface area contributed by atoms with E-state index in [9.17, 15) is 8.42 Å². The van der Waals surface area contributed by atoms with Crippen LogP contribution in [0.1, 0.15) is 11.1 Å². The molecule has 23 heavy (non-hydrogen) atoms. The van der Waals surface area contributed by atoms with Gasteiger partial charge in [0.25, 0.3) is 0 Å². The van der Waals surface area contributed by atoms with E-state index < -0.39 is 10.0 Å². The van der Waals surface area contributed by atoms with E-state index in [0.29, 0.717) is 18.0 Å². The van der Waals surface area contributed by atoms with Gasteiger partial charge in [-0.25, -0.2) is 12.7 Å². The first-order chi connectivity index (χ1) is 10.9. The topological polar surface area (TPSA) is 58.6 Å². The van der Waals surface area contributed by atoms with Crippen LogP contribution in [0.2, 0.25) is 0 Å². The van der Waals surface area contributed by atoms with E-state index in [2.05, 4.69) is 5.32 Å². The molecule has 124 valence electrons. The van der Waals surface area contributed by atoms with Crippen molar-refractivity contribution in [1.82, 2.24) is 9.62 Å². The van der Waals surface area contributed by atoms with Crippen molar-refractivity contribution in [2.24, 2.45) is 0 Å². The second-order valence-corrected chi connectivity index (χ2v) is 7.47. The highest BCUT2D eigenvalue weighted by atomic mass is 32.2. The van der Waals surface area contributed by atoms with Crippen molar-refractivity contribution < 1.29 is 13.2 Å². The highest BCUT2D eigenvalue weighted by Crippen LogP contribution is 2.18. The van der Waals surface area contributed by atoms with E-state index in [4.69, 9.17) is 4.74 Å². The SMILES string of the molecule is COc1ccc(CNCc2ccccc2S(=O)(=O)N(C)C)cc1. The summed E-state index contributed by atoms with van der Waals surface area (Å²) in [4.78, 5) is 0.340. The van der Waals surface area contributed by atoms with Gasteiger partial charge in [0.1, 0.15) is 5.75 Å². The largest absolute Gasteiger partial charge is 0.497 e. The lowest BCUT2D eigenvalue weighted by molar-refractivity contribution is 0.414. The third-order valence-corrected chi connectivity index (χ3v) is 5.45. The molecule has 0 spiro atoms. The van der Waals surface area contributed by atoms with Crippen LogP contribution in [0.15, 0.2) is 53.4 Å². The zero-order valence-electron chi connectivity index (χ0n) is 13.6. The second-order valence-electron chi connectivity index (χ2n) is 5.35. The molecular formula is C17H22N2O3S. The second kappa shape index (κ2) is 7.59. The quantitative estimate of drug-likeness (QED) is 0.844. The van der Waals surface area contributed by atoms with Crippen LogP contribution in [0.25, 0.3) is 0 Å². The first kappa shape index (κ1) is 17.5. The standard InChI is InChI=1S/C17H22N2O3S/c1-19(2)23(20,21)17-7-5-4-6-15(17)13-18-12-14-8-10-16(22-3)11-9-14/h4-11,18H,12-13H2,1-3H3. The summed E-state index contributed by atoms with van der Waals surface area (Å²) in [5, 5.41) is 3.28. The lowest BCUT2D eigenvalue weighted by Gasteiger charge is -2.15. The van der Waals surface area contributed by atoms with Gasteiger partial charge >= 0.3 is 0 Å². The zero-order chi connectivity index (χ0) is 16.9. The zero-order valence-corrected chi connectivity index (χ0v) is 14.4. The van der Waals surface area contributed by atoms with Crippen LogP contribution in [-0.2, 0) is 23.1 Å². The number of benzene rings is 2. The Balaban J connectivity index is 2.06. The Labute approximate surface area is 137 Å². The highest BCUT2D eigenvalue weighted by Gasteiger charge is 2.20. The van der Waals surface area contributed by atoms with Crippen LogP contribution in [0.3, 0.4) is 0 Å². The predicted octanol–water partition coefficient (Wildman–Crippen LogP) is 2.24. The smallest absolute Gasteiger partial charge is 0.242 e. The van der Waals surface area contributed by atoms with E-state index >= 15 is 0 Å². The molecule has 0 aliphatic carbocycles. The lowest BCUT2D eigenvalue weighted by atomic mass is 10.2. The molecule has 0 aliphatic heterocycles. The average molecular weight is 334 g/mol. The molecule has 6 heteroatoms. The summed E-state index contributed by atoms with van der Waals surface area (Å²) in [7, 11) is 1.28. The van der Waals surface area contributed by atoms with Gasteiger partial charge in [-0.3, -0.25) is 0 Å². The molecule has 0 heterocycles. The first-order valence-electron chi connectivity index (χ1n) is 7.29. The van der Waals surface area contributed by atoms with Gasteiger partial charge in [-0.05, 0) is 29.3 Å². The number of hydrogen-bond acceptors (Lipinski definition) is 4. The maximum Gasteiger partial charge on any atom is 0.242 e. The van der Waals surface area contributed by atoms with Gasteiger partial charge in [0.2, 0.25) is 10.0 Å². The summed E-state index contributed by atoms with van der Waals surface area (Å²) in [5.74, 6) is 0.816. The Morgan fingerprint density at radius 1 is 1.00 bits per heavy atom. The monoisotopic (exact) mass is 334 g/mol. The molecule has 2 aromatic rings. The molecule has 0 atom stereocenters. The van der Waals surface area contributed by atoms with Gasteiger partial charge < -0.3 is 10.1 Å². The van der Waals surface area contributed by atoms with Gasteiger partial charge in [0.05, 0.1) is 12.0 Å². The Kier molecular flexibility index (Phi) is 5.76. The van der Waals surface area contributed by atoms with Crippen LogP contribution in [0.4, 0.5) is 0 Å². The van der Waals surface area contributed by atoms with E-state index in [1.54, 1.807) is 19.2 Å². The first-order valence-corrected chi connectivity index (χ1v) is 8.73. The van der Waals surface area contributed by atoms with Gasteiger partial charge in [0, 0.05) is 27.2 Å². The molecule has 0 amide bonds. The molecule has 0 saturated heterocycles. The number of methoxy groups -OCH3 is 1. The number of hydrogen-bond donors (Lipinski definition) is 1. The van der Waals surface area contributed by atoms with Crippen LogP contribution in [0.5, 0.6) is 5.75 Å². The molecule has 0 bridgehead atoms. The predicted molar refractivity (Wildman–Crippen MR) is 90.9 cm³/mol. The third-order valence-electron chi connectivity index (χ3n) is 3.53. The Morgan fingerprint density at radius 3 is 2.26 bits per heavy atom. The van der Waals surface area contributed by atoms with Crippen molar-refractivity contribution in [2.75, 3.05) is 21.2 Å². The number of sulfonamides is 1. The minimum absolute atomic E-state index is 0.340. The Bertz CT molecular complexity index is 741. The minimum Gasteiger partial charge on any atom is -0.497 e. The van der Waals surface area contributed by atoms with Crippen molar-refractivity contribution in [3.63, 3.8) is 0 Å². The van der Waals surface area contributed by atoms with Crippen LogP contribution >= 0.6 is 0 Å². The molecule has 5 nitrogen and oxygen atoms in total. The van der Waals surface area contributed by atoms with Crippen molar-refractivity contribution in [3.8, 4) is 5.75 Å². The maximum atomic E-state index is 12.3. The van der Waals surface area contributed by atoms with Crippen LogP contribution in [0, 0.1) is 0 Å². The van der Waals surface area contributed by atoms with Crippen LogP contribution in [-0.4, -0.2) is 33.9 Å². The fourth-order valence-electron chi connectivity index (χ4n) is 2.18. The molecule has 0 unspecified atom stereocenters. The average Bonchev–Trinajstić information content (AvgIpc) is 2.55. The van der Waals surface area contributed by atoms with Crippen LogP contribution < -0.4 is 10.1 Å². The molecule has 0 fully saturated rings. The number of rotatable bonds is 7. The molecule has 0 radical (unpaired) electrons. The summed E-state index contributed by atoms with van der Waals surface area (Å²) in [5.41, 5.74) is 1.87. The van der Waals surface area contributed by atoms with Crippen molar-refractivity contribution >= 4 is 10.0 Å². The fraction of sp³-hybridized carbons (Fsp3) is 0.294. The normalized spacial score (nSPS) is 11.7. The summed E-state index contributed by atoms with van der Waals surface area (Å²) >= 11 is 0. The minimum atomic E-state index is -3.43. The highest BCUT2D eigenvalue weighted by molar-refractivity contribution is 7.89. The maximum absolute atomic E-state index is 12.3. The Hall–Kier alpha value is -1.89. The summed E-state index contributed by atoms with van der Waals surface area (Å²) in [6.07, 6.45) is 0. The van der Waals surface area contributed by atoms with Gasteiger partial charge in [-0.15, -0.1) is 0 Å². The molecule has 2 aromatic carbocycles. The van der Waals surface area contributed by atoms with Gasteiger partial charge in [0.15, 0.2) is 0 Å². The molecule has 0 aromatic heterocycles. The van der Waals surface area contributed by atoms with Gasteiger partial charge in [-0.2, -0.15) is 0 Å². The lowest BCUT2D eigenvalue weighted by Crippen LogP contribution is -2.24. The molecule has 2 rings (SSSR count). The number of nitrogens with zero attached hydrogens (tertiary/aromatic N) is 1. The van der Waals surface area contributed by atoms with Crippen molar-refractivity contribution in [1.29, 1.82) is 0 Å². The van der Waals surface area contributed by atoms with Gasteiger partial charge in [-0.1, -0.05) is 30.3 Å². The summed E-state index contributed by atoms with van der Waals surface area (Å²) in [6, 6.07) is 14.8. The third kappa shape index (κ3) is 4.31. The fourth-order valence-corrected chi connectivity index (χ4v) is 3.30. The number of ether oxygens (including phenoxy) is 1. The number of nitrogens with one attached hydrogen (secondary N) is 1. The van der Waals surface area contributed by atoms with E-state index in [-0.39, 0.29) is 0 Å². The Morgan fingerprint density at radius 2 is 1.65 bits per heavy atom. The summed E-state index contributed by atoms with van der Waals surface area (Å²) < 4.78 is 31.0. The van der Waals surface area contributed by atoms with E-state index in [1.165, 1.54) is 18.4 Å². The van der Waals surface area contributed by atoms with E-state index in [0.717, 1.165) is 16.9 Å². The molecule has 1 N–H and O–H groups in total. The summed E-state index contributed by atoms with van der Waals surface area (Å²) in [6.45, 7) is 1.13. The molecule has 0 saturated carbocycles. The van der Waals surface area contributed by atoms with Crippen molar-refractivity contribution in [2.45, 2.75) is 18.0 Å². The molecular weight excluding hydrogens is 312 g/mol.